The molecule has 2 aromatic rings. The molecule has 10 heteroatoms. The van der Waals surface area contributed by atoms with Gasteiger partial charge in [0.15, 0.2) is 0 Å². The van der Waals surface area contributed by atoms with E-state index < -0.39 is 10.0 Å². The Balaban J connectivity index is 2.26. The molecule has 0 spiro atoms. The quantitative estimate of drug-likeness (QED) is 0.727. The van der Waals surface area contributed by atoms with E-state index in [2.05, 4.69) is 25.3 Å². The van der Waals surface area contributed by atoms with Crippen LogP contribution in [0.25, 0.3) is 0 Å². The van der Waals surface area contributed by atoms with Crippen molar-refractivity contribution in [2.24, 2.45) is 0 Å². The van der Waals surface area contributed by atoms with Crippen molar-refractivity contribution >= 4 is 26.5 Å². The topological polar surface area (TPSA) is 102 Å². The number of hydrogen-bond acceptors (Lipinski definition) is 7. The van der Waals surface area contributed by atoms with Crippen LogP contribution < -0.4 is 10.0 Å². The Kier molecular flexibility index (Phi) is 4.91. The van der Waals surface area contributed by atoms with Crippen LogP contribution in [0.3, 0.4) is 0 Å². The molecule has 2 N–H and O–H groups in total. The van der Waals surface area contributed by atoms with Gasteiger partial charge in [-0.15, -0.1) is 10.2 Å². The van der Waals surface area contributed by atoms with Crippen LogP contribution in [0, 0.1) is 13.8 Å². The van der Waals surface area contributed by atoms with Crippen molar-refractivity contribution in [2.45, 2.75) is 31.7 Å². The maximum Gasteiger partial charge on any atom is 0.267 e. The lowest BCUT2D eigenvalue weighted by Gasteiger charge is -2.06. The Morgan fingerprint density at radius 1 is 1.38 bits per heavy atom. The van der Waals surface area contributed by atoms with Crippen molar-refractivity contribution in [2.75, 3.05) is 18.3 Å². The van der Waals surface area contributed by atoms with Gasteiger partial charge in [0.2, 0.25) is 5.13 Å². The van der Waals surface area contributed by atoms with Crippen LogP contribution in [0.2, 0.25) is 0 Å². The van der Waals surface area contributed by atoms with Crippen molar-refractivity contribution in [3.05, 3.63) is 16.9 Å². The molecule has 0 radical (unpaired) electrons. The van der Waals surface area contributed by atoms with Gasteiger partial charge in [0.25, 0.3) is 10.0 Å². The summed E-state index contributed by atoms with van der Waals surface area (Å²) >= 11 is 1.13. The van der Waals surface area contributed by atoms with Crippen LogP contribution in [0.15, 0.2) is 10.4 Å². The molecule has 0 bridgehead atoms. The molecule has 21 heavy (non-hydrogen) atoms. The summed E-state index contributed by atoms with van der Waals surface area (Å²) in [6, 6.07) is 0. The zero-order valence-electron chi connectivity index (χ0n) is 12.1. The highest BCUT2D eigenvalue weighted by atomic mass is 32.2. The summed E-state index contributed by atoms with van der Waals surface area (Å²) in [7, 11) is -1.82. The van der Waals surface area contributed by atoms with E-state index in [0.29, 0.717) is 17.9 Å². The Bertz CT molecular complexity index is 693. The van der Waals surface area contributed by atoms with Gasteiger partial charge in [0.1, 0.15) is 10.4 Å². The normalized spacial score (nSPS) is 11.8. The molecule has 0 atom stereocenters. The summed E-state index contributed by atoms with van der Waals surface area (Å²) in [5, 5.41) is 14.9. The van der Waals surface area contributed by atoms with Crippen LogP contribution in [0.5, 0.6) is 0 Å². The number of aryl methyl sites for hydroxylation is 2. The van der Waals surface area contributed by atoms with Gasteiger partial charge in [-0.1, -0.05) is 11.3 Å². The Morgan fingerprint density at radius 2 is 2.14 bits per heavy atom. The first kappa shape index (κ1) is 15.9. The van der Waals surface area contributed by atoms with E-state index in [-0.39, 0.29) is 10.0 Å². The second-order valence-electron chi connectivity index (χ2n) is 4.53. The standard InChI is InChI=1S/C11H18N6O2S2/c1-8-10(9(2)17(15-8)6-4-5-12-3)21(18,19)16-11-14-13-7-20-11/h7,12H,4-6H2,1-3H3,(H,14,16). The van der Waals surface area contributed by atoms with Gasteiger partial charge in [0, 0.05) is 6.54 Å². The minimum atomic E-state index is -3.70. The van der Waals surface area contributed by atoms with Crippen molar-refractivity contribution in [1.82, 2.24) is 25.3 Å². The molecule has 8 nitrogen and oxygen atoms in total. The average Bonchev–Trinajstić information content (AvgIpc) is 2.98. The summed E-state index contributed by atoms with van der Waals surface area (Å²) in [6.07, 6.45) is 0.877. The molecule has 0 saturated carbocycles. The van der Waals surface area contributed by atoms with E-state index in [9.17, 15) is 8.42 Å². The van der Waals surface area contributed by atoms with Gasteiger partial charge < -0.3 is 5.32 Å². The van der Waals surface area contributed by atoms with Crippen molar-refractivity contribution in [3.63, 3.8) is 0 Å². The summed E-state index contributed by atoms with van der Waals surface area (Å²) in [6.45, 7) is 4.97. The van der Waals surface area contributed by atoms with Crippen LogP contribution in [-0.2, 0) is 16.6 Å². The largest absolute Gasteiger partial charge is 0.320 e. The highest BCUT2D eigenvalue weighted by molar-refractivity contribution is 7.93. The van der Waals surface area contributed by atoms with Crippen molar-refractivity contribution in [3.8, 4) is 0 Å². The number of anilines is 1. The fourth-order valence-electron chi connectivity index (χ4n) is 2.08. The number of nitrogens with one attached hydrogen (secondary N) is 2. The van der Waals surface area contributed by atoms with Crippen LogP contribution >= 0.6 is 11.3 Å². The Labute approximate surface area is 127 Å². The van der Waals surface area contributed by atoms with E-state index in [1.807, 2.05) is 7.05 Å². The molecular weight excluding hydrogens is 312 g/mol. The predicted molar refractivity (Wildman–Crippen MR) is 81.0 cm³/mol. The van der Waals surface area contributed by atoms with Gasteiger partial charge >= 0.3 is 0 Å². The van der Waals surface area contributed by atoms with Crippen LogP contribution in [0.4, 0.5) is 5.13 Å². The first-order chi connectivity index (χ1) is 9.95. The minimum absolute atomic E-state index is 0.210. The third-order valence-electron chi connectivity index (χ3n) is 2.96. The maximum atomic E-state index is 12.4. The van der Waals surface area contributed by atoms with E-state index >= 15 is 0 Å². The molecule has 0 aromatic carbocycles. The number of rotatable bonds is 7. The molecular formula is C11H18N6O2S2. The highest BCUT2D eigenvalue weighted by Crippen LogP contribution is 2.23. The Hall–Kier alpha value is -1.52. The minimum Gasteiger partial charge on any atom is -0.320 e. The molecule has 0 aliphatic rings. The summed E-state index contributed by atoms with van der Waals surface area (Å²) < 4.78 is 29.0. The molecule has 0 aliphatic heterocycles. The molecule has 0 aliphatic carbocycles. The molecule has 116 valence electrons. The fourth-order valence-corrected chi connectivity index (χ4v) is 4.18. The number of nitrogens with zero attached hydrogens (tertiary/aromatic N) is 4. The van der Waals surface area contributed by atoms with Crippen LogP contribution in [0.1, 0.15) is 17.8 Å². The first-order valence-corrected chi connectivity index (χ1v) is 8.79. The monoisotopic (exact) mass is 330 g/mol. The lowest BCUT2D eigenvalue weighted by molar-refractivity contribution is 0.546. The number of hydrogen-bond donors (Lipinski definition) is 2. The van der Waals surface area contributed by atoms with Gasteiger partial charge in [-0.2, -0.15) is 5.10 Å². The van der Waals surface area contributed by atoms with E-state index in [1.165, 1.54) is 5.51 Å². The molecule has 2 aromatic heterocycles. The zero-order valence-corrected chi connectivity index (χ0v) is 13.8. The van der Waals surface area contributed by atoms with Gasteiger partial charge in [-0.3, -0.25) is 9.40 Å². The van der Waals surface area contributed by atoms with Gasteiger partial charge in [-0.05, 0) is 33.9 Å². The molecule has 0 unspecified atom stereocenters. The second kappa shape index (κ2) is 6.50. The van der Waals surface area contributed by atoms with E-state index in [0.717, 1.165) is 24.3 Å². The number of aromatic nitrogens is 4. The van der Waals surface area contributed by atoms with Crippen molar-refractivity contribution in [1.29, 1.82) is 0 Å². The first-order valence-electron chi connectivity index (χ1n) is 6.43. The molecule has 2 heterocycles. The lowest BCUT2D eigenvalue weighted by Crippen LogP contribution is -2.15. The smallest absolute Gasteiger partial charge is 0.267 e. The highest BCUT2D eigenvalue weighted by Gasteiger charge is 2.25. The number of sulfonamides is 1. The fraction of sp³-hybridized carbons (Fsp3) is 0.545. The zero-order chi connectivity index (χ0) is 15.5. The third kappa shape index (κ3) is 3.57. The lowest BCUT2D eigenvalue weighted by atomic mass is 10.4. The molecule has 2 rings (SSSR count). The van der Waals surface area contributed by atoms with E-state index in [4.69, 9.17) is 0 Å². The maximum absolute atomic E-state index is 12.4. The van der Waals surface area contributed by atoms with E-state index in [1.54, 1.807) is 18.5 Å². The third-order valence-corrected chi connectivity index (χ3v) is 5.29. The van der Waals surface area contributed by atoms with Crippen molar-refractivity contribution < 1.29 is 8.42 Å². The second-order valence-corrected chi connectivity index (χ2v) is 6.98. The summed E-state index contributed by atoms with van der Waals surface area (Å²) in [5.41, 5.74) is 2.58. The van der Waals surface area contributed by atoms with Gasteiger partial charge in [0.05, 0.1) is 11.4 Å². The average molecular weight is 330 g/mol. The Morgan fingerprint density at radius 3 is 2.76 bits per heavy atom. The van der Waals surface area contributed by atoms with Gasteiger partial charge in [-0.25, -0.2) is 8.42 Å². The summed E-state index contributed by atoms with van der Waals surface area (Å²) in [5.74, 6) is 0. The predicted octanol–water partition coefficient (Wildman–Crippen LogP) is 0.762. The molecule has 0 saturated heterocycles. The molecule has 0 amide bonds. The molecule has 0 fully saturated rings. The summed E-state index contributed by atoms with van der Waals surface area (Å²) in [4.78, 5) is 0.210. The van der Waals surface area contributed by atoms with Crippen LogP contribution in [-0.4, -0.2) is 42.0 Å². The SMILES string of the molecule is CNCCCn1nc(C)c(S(=O)(=O)Nc2nncs2)c1C.